The average molecular weight is 236 g/mol. The number of amides is 1. The van der Waals surface area contributed by atoms with Crippen molar-refractivity contribution < 1.29 is 9.18 Å². The second-order valence-electron chi connectivity index (χ2n) is 4.50. The number of halogens is 1. The Morgan fingerprint density at radius 1 is 1.59 bits per heavy atom. The second kappa shape index (κ2) is 5.27. The zero-order valence-electron chi connectivity index (χ0n) is 9.95. The summed E-state index contributed by atoms with van der Waals surface area (Å²) in [5.74, 6) is -0.215. The zero-order valence-corrected chi connectivity index (χ0v) is 9.95. The molecule has 3 nitrogen and oxygen atoms in total. The van der Waals surface area contributed by atoms with Gasteiger partial charge in [-0.1, -0.05) is 12.1 Å². The van der Waals surface area contributed by atoms with E-state index in [2.05, 4.69) is 12.2 Å². The van der Waals surface area contributed by atoms with Crippen LogP contribution in [0.1, 0.15) is 12.5 Å². The molecule has 1 aromatic rings. The Labute approximate surface area is 101 Å². The number of rotatable bonds is 2. The van der Waals surface area contributed by atoms with Gasteiger partial charge in [0.15, 0.2) is 0 Å². The van der Waals surface area contributed by atoms with Crippen LogP contribution in [0.4, 0.5) is 4.39 Å². The molecule has 0 spiro atoms. The van der Waals surface area contributed by atoms with Crippen molar-refractivity contribution in [1.82, 2.24) is 10.2 Å². The Kier molecular flexibility index (Phi) is 3.74. The van der Waals surface area contributed by atoms with Gasteiger partial charge in [-0.15, -0.1) is 0 Å². The van der Waals surface area contributed by atoms with Gasteiger partial charge in [0.05, 0.1) is 6.42 Å². The lowest BCUT2D eigenvalue weighted by molar-refractivity contribution is -0.131. The van der Waals surface area contributed by atoms with Crippen molar-refractivity contribution >= 4 is 5.91 Å². The summed E-state index contributed by atoms with van der Waals surface area (Å²) in [4.78, 5) is 13.8. The standard InChI is InChI=1S/C13H17FN2O/c1-10-9-16(6-5-15-10)13(17)8-11-3-2-4-12(14)7-11/h2-4,7,10,15H,5-6,8-9H2,1H3/t10-/m0/s1. The van der Waals surface area contributed by atoms with Crippen LogP contribution in [0.3, 0.4) is 0 Å². The topological polar surface area (TPSA) is 32.3 Å². The second-order valence-corrected chi connectivity index (χ2v) is 4.50. The van der Waals surface area contributed by atoms with Crippen LogP contribution in [0.2, 0.25) is 0 Å². The molecule has 0 bridgehead atoms. The number of hydrogen-bond acceptors (Lipinski definition) is 2. The molecule has 92 valence electrons. The lowest BCUT2D eigenvalue weighted by Crippen LogP contribution is -2.51. The third kappa shape index (κ3) is 3.27. The highest BCUT2D eigenvalue weighted by Crippen LogP contribution is 2.07. The van der Waals surface area contributed by atoms with E-state index in [1.54, 1.807) is 12.1 Å². The summed E-state index contributed by atoms with van der Waals surface area (Å²) < 4.78 is 13.0. The molecular weight excluding hydrogens is 219 g/mol. The van der Waals surface area contributed by atoms with Gasteiger partial charge in [0.2, 0.25) is 5.91 Å². The number of hydrogen-bond donors (Lipinski definition) is 1. The molecule has 17 heavy (non-hydrogen) atoms. The van der Waals surface area contributed by atoms with Crippen LogP contribution < -0.4 is 5.32 Å². The molecule has 1 aromatic carbocycles. The molecule has 0 radical (unpaired) electrons. The number of carbonyl (C=O) groups excluding carboxylic acids is 1. The lowest BCUT2D eigenvalue weighted by Gasteiger charge is -2.32. The van der Waals surface area contributed by atoms with E-state index in [4.69, 9.17) is 0 Å². The lowest BCUT2D eigenvalue weighted by atomic mass is 10.1. The minimum atomic E-state index is -0.288. The van der Waals surface area contributed by atoms with Crippen LogP contribution in [0, 0.1) is 5.82 Å². The number of carbonyl (C=O) groups is 1. The van der Waals surface area contributed by atoms with Crippen molar-refractivity contribution in [2.45, 2.75) is 19.4 Å². The minimum Gasteiger partial charge on any atom is -0.340 e. The van der Waals surface area contributed by atoms with Crippen molar-refractivity contribution in [2.75, 3.05) is 19.6 Å². The van der Waals surface area contributed by atoms with Gasteiger partial charge in [0.25, 0.3) is 0 Å². The average Bonchev–Trinajstić information content (AvgIpc) is 2.29. The summed E-state index contributed by atoms with van der Waals surface area (Å²) in [5.41, 5.74) is 0.737. The smallest absolute Gasteiger partial charge is 0.227 e. The van der Waals surface area contributed by atoms with E-state index in [-0.39, 0.29) is 18.1 Å². The Balaban J connectivity index is 1.96. The first-order valence-corrected chi connectivity index (χ1v) is 5.91. The summed E-state index contributed by atoms with van der Waals surface area (Å²) in [6.45, 7) is 4.35. The third-order valence-corrected chi connectivity index (χ3v) is 2.97. The van der Waals surface area contributed by atoms with Gasteiger partial charge >= 0.3 is 0 Å². The molecule has 0 aliphatic carbocycles. The van der Waals surface area contributed by atoms with Crippen LogP contribution in [0.15, 0.2) is 24.3 Å². The van der Waals surface area contributed by atoms with Gasteiger partial charge in [0.1, 0.15) is 5.82 Å². The highest BCUT2D eigenvalue weighted by molar-refractivity contribution is 5.78. The summed E-state index contributed by atoms with van der Waals surface area (Å²) in [6, 6.07) is 6.57. The highest BCUT2D eigenvalue weighted by atomic mass is 19.1. The Morgan fingerprint density at radius 2 is 2.41 bits per heavy atom. The minimum absolute atomic E-state index is 0.0731. The van der Waals surface area contributed by atoms with Crippen molar-refractivity contribution in [3.05, 3.63) is 35.6 Å². The number of nitrogens with zero attached hydrogens (tertiary/aromatic N) is 1. The van der Waals surface area contributed by atoms with Gasteiger partial charge in [-0.3, -0.25) is 4.79 Å². The van der Waals surface area contributed by atoms with Crippen LogP contribution in [-0.4, -0.2) is 36.5 Å². The van der Waals surface area contributed by atoms with E-state index in [0.29, 0.717) is 6.04 Å². The molecule has 1 amide bonds. The first-order valence-electron chi connectivity index (χ1n) is 5.91. The fourth-order valence-corrected chi connectivity index (χ4v) is 2.09. The van der Waals surface area contributed by atoms with E-state index in [1.807, 2.05) is 4.90 Å². The maximum absolute atomic E-state index is 13.0. The molecule has 0 unspecified atom stereocenters. The summed E-state index contributed by atoms with van der Waals surface area (Å²) in [6.07, 6.45) is 0.282. The predicted octanol–water partition coefficient (Wildman–Crippen LogP) is 1.19. The predicted molar refractivity (Wildman–Crippen MR) is 64.1 cm³/mol. The Hall–Kier alpha value is -1.42. The Morgan fingerprint density at radius 3 is 3.12 bits per heavy atom. The van der Waals surface area contributed by atoms with E-state index >= 15 is 0 Å². The van der Waals surface area contributed by atoms with Crippen LogP contribution >= 0.6 is 0 Å². The molecule has 2 rings (SSSR count). The third-order valence-electron chi connectivity index (χ3n) is 2.97. The Bertz CT molecular complexity index is 408. The maximum atomic E-state index is 13.0. The van der Waals surface area contributed by atoms with E-state index < -0.39 is 0 Å². The molecule has 4 heteroatoms. The van der Waals surface area contributed by atoms with E-state index in [1.165, 1.54) is 12.1 Å². The zero-order chi connectivity index (χ0) is 12.3. The van der Waals surface area contributed by atoms with Gasteiger partial charge in [-0.05, 0) is 24.6 Å². The molecule has 0 saturated carbocycles. The summed E-state index contributed by atoms with van der Waals surface area (Å²) in [7, 11) is 0. The van der Waals surface area contributed by atoms with Crippen LogP contribution in [-0.2, 0) is 11.2 Å². The normalized spacial score (nSPS) is 20.4. The molecular formula is C13H17FN2O. The summed E-state index contributed by atoms with van der Waals surface area (Å²) >= 11 is 0. The molecule has 1 atom stereocenters. The van der Waals surface area contributed by atoms with Crippen LogP contribution in [0.25, 0.3) is 0 Å². The number of benzene rings is 1. The molecule has 1 aliphatic heterocycles. The fourth-order valence-electron chi connectivity index (χ4n) is 2.09. The quantitative estimate of drug-likeness (QED) is 0.836. The number of piperazine rings is 1. The van der Waals surface area contributed by atoms with Gasteiger partial charge in [0, 0.05) is 25.7 Å². The summed E-state index contributed by atoms with van der Waals surface area (Å²) in [5, 5.41) is 3.29. The molecule has 1 heterocycles. The van der Waals surface area contributed by atoms with Gasteiger partial charge in [-0.25, -0.2) is 4.39 Å². The van der Waals surface area contributed by atoms with Crippen LogP contribution in [0.5, 0.6) is 0 Å². The first-order chi connectivity index (χ1) is 8.15. The highest BCUT2D eigenvalue weighted by Gasteiger charge is 2.20. The SMILES string of the molecule is C[C@H]1CN(C(=O)Cc2cccc(F)c2)CCN1. The van der Waals surface area contributed by atoms with Gasteiger partial charge < -0.3 is 10.2 Å². The number of nitrogens with one attached hydrogen (secondary N) is 1. The molecule has 1 N–H and O–H groups in total. The first kappa shape index (κ1) is 12.0. The van der Waals surface area contributed by atoms with Crippen molar-refractivity contribution in [2.24, 2.45) is 0 Å². The molecule has 1 aliphatic rings. The van der Waals surface area contributed by atoms with Crippen molar-refractivity contribution in [3.63, 3.8) is 0 Å². The van der Waals surface area contributed by atoms with Gasteiger partial charge in [-0.2, -0.15) is 0 Å². The van der Waals surface area contributed by atoms with Crippen molar-refractivity contribution in [1.29, 1.82) is 0 Å². The monoisotopic (exact) mass is 236 g/mol. The molecule has 1 saturated heterocycles. The maximum Gasteiger partial charge on any atom is 0.227 e. The van der Waals surface area contributed by atoms with Crippen molar-refractivity contribution in [3.8, 4) is 0 Å². The molecule has 1 fully saturated rings. The molecule has 0 aromatic heterocycles. The fraction of sp³-hybridized carbons (Fsp3) is 0.462. The van der Waals surface area contributed by atoms with E-state index in [9.17, 15) is 9.18 Å². The largest absolute Gasteiger partial charge is 0.340 e. The van der Waals surface area contributed by atoms with E-state index in [0.717, 1.165) is 25.2 Å².